The standard InChI is InChI=1S/C22H26N4O/c1-16-21-15-25(13-17-6-8-19(23)9-7-17)11-10-22(21)24-26(16)14-18-4-3-5-20(12-18)27-2/h3-9,12,24H,1,10-11,13-15,23H2,2H3. The van der Waals surface area contributed by atoms with Gasteiger partial charge >= 0.3 is 0 Å². The third-order valence-electron chi connectivity index (χ3n) is 5.23. The van der Waals surface area contributed by atoms with Crippen molar-refractivity contribution < 1.29 is 4.74 Å². The number of hydrogen-bond acceptors (Lipinski definition) is 5. The van der Waals surface area contributed by atoms with Crippen molar-refractivity contribution in [2.24, 2.45) is 0 Å². The van der Waals surface area contributed by atoms with E-state index < -0.39 is 0 Å². The fourth-order valence-corrected chi connectivity index (χ4v) is 3.71. The Hall–Kier alpha value is -2.92. The van der Waals surface area contributed by atoms with E-state index in [2.05, 4.69) is 46.2 Å². The van der Waals surface area contributed by atoms with Crippen LogP contribution >= 0.6 is 0 Å². The number of nitrogens with one attached hydrogen (secondary N) is 1. The average Bonchev–Trinajstić information content (AvgIpc) is 2.99. The molecule has 2 aliphatic heterocycles. The van der Waals surface area contributed by atoms with Crippen molar-refractivity contribution in [2.45, 2.75) is 19.5 Å². The summed E-state index contributed by atoms with van der Waals surface area (Å²) in [6.07, 6.45) is 1.01. The molecule has 5 nitrogen and oxygen atoms in total. The Kier molecular flexibility index (Phi) is 4.77. The molecule has 2 heterocycles. The summed E-state index contributed by atoms with van der Waals surface area (Å²) in [5, 5.41) is 2.14. The number of hydrazine groups is 1. The van der Waals surface area contributed by atoms with Crippen LogP contribution in [0.3, 0.4) is 0 Å². The predicted molar refractivity (Wildman–Crippen MR) is 109 cm³/mol. The van der Waals surface area contributed by atoms with Crippen LogP contribution in [0.4, 0.5) is 5.69 Å². The van der Waals surface area contributed by atoms with Crippen molar-refractivity contribution in [3.63, 3.8) is 0 Å². The van der Waals surface area contributed by atoms with Gasteiger partial charge < -0.3 is 15.9 Å². The highest BCUT2D eigenvalue weighted by atomic mass is 16.5. The number of nitrogens with zero attached hydrogens (tertiary/aromatic N) is 2. The number of rotatable bonds is 5. The van der Waals surface area contributed by atoms with Crippen molar-refractivity contribution in [2.75, 3.05) is 25.9 Å². The molecule has 5 heteroatoms. The molecule has 2 aliphatic rings. The lowest BCUT2D eigenvalue weighted by Gasteiger charge is -2.27. The Morgan fingerprint density at radius 3 is 2.70 bits per heavy atom. The highest BCUT2D eigenvalue weighted by molar-refractivity contribution is 5.41. The summed E-state index contributed by atoms with van der Waals surface area (Å²) in [5.41, 5.74) is 16.3. The molecule has 0 saturated heterocycles. The smallest absolute Gasteiger partial charge is 0.119 e. The normalized spacial score (nSPS) is 17.1. The first-order valence-electron chi connectivity index (χ1n) is 9.27. The first kappa shape index (κ1) is 17.5. The Labute approximate surface area is 160 Å². The third-order valence-corrected chi connectivity index (χ3v) is 5.23. The van der Waals surface area contributed by atoms with Gasteiger partial charge in [-0.25, -0.2) is 0 Å². The van der Waals surface area contributed by atoms with Gasteiger partial charge in [0.1, 0.15) is 5.75 Å². The zero-order valence-electron chi connectivity index (χ0n) is 15.7. The van der Waals surface area contributed by atoms with Crippen molar-refractivity contribution in [3.05, 3.63) is 83.2 Å². The second kappa shape index (κ2) is 7.37. The van der Waals surface area contributed by atoms with Gasteiger partial charge in [-0.3, -0.25) is 9.91 Å². The second-order valence-corrected chi connectivity index (χ2v) is 7.16. The molecule has 4 rings (SSSR count). The van der Waals surface area contributed by atoms with Crippen LogP contribution in [0.15, 0.2) is 72.1 Å². The van der Waals surface area contributed by atoms with Gasteiger partial charge in [-0.05, 0) is 35.4 Å². The SMILES string of the molecule is C=C1C2=C(CCN(Cc3ccc(N)cc3)C2)NN1Cc1cccc(OC)c1. The van der Waals surface area contributed by atoms with E-state index in [4.69, 9.17) is 10.5 Å². The Morgan fingerprint density at radius 1 is 1.11 bits per heavy atom. The van der Waals surface area contributed by atoms with Crippen molar-refractivity contribution in [3.8, 4) is 5.75 Å². The molecule has 140 valence electrons. The maximum absolute atomic E-state index is 5.79. The summed E-state index contributed by atoms with van der Waals surface area (Å²) in [5.74, 6) is 0.879. The van der Waals surface area contributed by atoms with E-state index in [1.54, 1.807) is 7.11 Å². The lowest BCUT2D eigenvalue weighted by atomic mass is 10.0. The Morgan fingerprint density at radius 2 is 1.93 bits per heavy atom. The van der Waals surface area contributed by atoms with Gasteiger partial charge in [0, 0.05) is 43.0 Å². The minimum Gasteiger partial charge on any atom is -0.497 e. The number of nitrogens with two attached hydrogens (primary N) is 1. The van der Waals surface area contributed by atoms with E-state index in [1.807, 2.05) is 24.3 Å². The summed E-state index contributed by atoms with van der Waals surface area (Å²) >= 11 is 0. The molecular weight excluding hydrogens is 336 g/mol. The first-order valence-corrected chi connectivity index (χ1v) is 9.27. The highest BCUT2D eigenvalue weighted by Gasteiger charge is 2.29. The molecule has 0 saturated carbocycles. The van der Waals surface area contributed by atoms with E-state index in [0.717, 1.165) is 49.7 Å². The van der Waals surface area contributed by atoms with Crippen LogP contribution in [0.2, 0.25) is 0 Å². The van der Waals surface area contributed by atoms with E-state index in [0.29, 0.717) is 0 Å². The molecule has 2 aromatic carbocycles. The molecule has 0 spiro atoms. The maximum Gasteiger partial charge on any atom is 0.119 e. The summed E-state index contributed by atoms with van der Waals surface area (Å²) in [6.45, 7) is 7.99. The van der Waals surface area contributed by atoms with E-state index >= 15 is 0 Å². The van der Waals surface area contributed by atoms with Crippen LogP contribution < -0.4 is 15.9 Å². The first-order chi connectivity index (χ1) is 13.1. The van der Waals surface area contributed by atoms with Crippen LogP contribution in [0.25, 0.3) is 0 Å². The Balaban J connectivity index is 1.40. The van der Waals surface area contributed by atoms with Gasteiger partial charge in [0.25, 0.3) is 0 Å². The summed E-state index contributed by atoms with van der Waals surface area (Å²) in [7, 11) is 1.70. The molecular formula is C22H26N4O. The van der Waals surface area contributed by atoms with Crippen LogP contribution in [-0.4, -0.2) is 30.1 Å². The molecule has 27 heavy (non-hydrogen) atoms. The fraction of sp³-hybridized carbons (Fsp3) is 0.273. The van der Waals surface area contributed by atoms with Gasteiger partial charge in [-0.1, -0.05) is 30.8 Å². The molecule has 0 unspecified atom stereocenters. The number of anilines is 1. The quantitative estimate of drug-likeness (QED) is 0.800. The molecule has 0 amide bonds. The summed E-state index contributed by atoms with van der Waals surface area (Å²) in [6, 6.07) is 16.3. The van der Waals surface area contributed by atoms with E-state index in [9.17, 15) is 0 Å². The highest BCUT2D eigenvalue weighted by Crippen LogP contribution is 2.31. The van der Waals surface area contributed by atoms with Crippen molar-refractivity contribution in [1.29, 1.82) is 0 Å². The largest absolute Gasteiger partial charge is 0.497 e. The number of nitrogen functional groups attached to an aromatic ring is 1. The van der Waals surface area contributed by atoms with Gasteiger partial charge in [-0.2, -0.15) is 0 Å². The number of hydrogen-bond donors (Lipinski definition) is 2. The number of methoxy groups -OCH3 is 1. The lowest BCUT2D eigenvalue weighted by Crippen LogP contribution is -2.32. The van der Waals surface area contributed by atoms with E-state index in [-0.39, 0.29) is 0 Å². The average molecular weight is 362 g/mol. The minimum absolute atomic E-state index is 0.765. The van der Waals surface area contributed by atoms with E-state index in [1.165, 1.54) is 22.4 Å². The monoisotopic (exact) mass is 362 g/mol. The van der Waals surface area contributed by atoms with Gasteiger partial charge in [0.2, 0.25) is 0 Å². The third kappa shape index (κ3) is 3.78. The van der Waals surface area contributed by atoms with Crippen LogP contribution in [0.5, 0.6) is 5.75 Å². The molecule has 0 atom stereocenters. The van der Waals surface area contributed by atoms with Crippen LogP contribution in [-0.2, 0) is 13.1 Å². The van der Waals surface area contributed by atoms with Crippen LogP contribution in [0.1, 0.15) is 17.5 Å². The topological polar surface area (TPSA) is 53.8 Å². The lowest BCUT2D eigenvalue weighted by molar-refractivity contribution is 0.273. The van der Waals surface area contributed by atoms with Crippen molar-refractivity contribution in [1.82, 2.24) is 15.3 Å². The fourth-order valence-electron chi connectivity index (χ4n) is 3.71. The second-order valence-electron chi connectivity index (χ2n) is 7.16. The predicted octanol–water partition coefficient (Wildman–Crippen LogP) is 3.27. The van der Waals surface area contributed by atoms with Gasteiger partial charge in [-0.15, -0.1) is 0 Å². The number of benzene rings is 2. The Bertz CT molecular complexity index is 872. The minimum atomic E-state index is 0.765. The van der Waals surface area contributed by atoms with Crippen LogP contribution in [0, 0.1) is 0 Å². The molecule has 0 aromatic heterocycles. The summed E-state index contributed by atoms with van der Waals surface area (Å²) < 4.78 is 5.33. The molecule has 0 radical (unpaired) electrons. The number of ether oxygens (including phenoxy) is 1. The molecule has 0 fully saturated rings. The van der Waals surface area contributed by atoms with Gasteiger partial charge in [0.15, 0.2) is 0 Å². The molecule has 0 aliphatic carbocycles. The molecule has 2 aromatic rings. The van der Waals surface area contributed by atoms with Gasteiger partial charge in [0.05, 0.1) is 19.4 Å². The summed E-state index contributed by atoms with van der Waals surface area (Å²) in [4.78, 5) is 2.46. The molecule has 3 N–H and O–H groups in total. The molecule has 0 bridgehead atoms. The zero-order valence-corrected chi connectivity index (χ0v) is 15.7. The van der Waals surface area contributed by atoms with Crippen molar-refractivity contribution >= 4 is 5.69 Å². The maximum atomic E-state index is 5.79. The zero-order chi connectivity index (χ0) is 18.8.